The highest BCUT2D eigenvalue weighted by molar-refractivity contribution is 7.82. The molecular weight excluding hydrogens is 405 g/mol. The molecule has 7 heteroatoms. The van der Waals surface area contributed by atoms with Crippen LogP contribution in [0, 0.1) is 11.8 Å². The largest absolute Gasteiger partial charge is 0.179 e. The quantitative estimate of drug-likeness (QED) is 0.179. The van der Waals surface area contributed by atoms with Gasteiger partial charge < -0.3 is 0 Å². The Morgan fingerprint density at radius 3 is 1.23 bits per heavy atom. The summed E-state index contributed by atoms with van der Waals surface area (Å²) >= 11 is 31.9. The van der Waals surface area contributed by atoms with E-state index in [2.05, 4.69) is 50.5 Å². The minimum Gasteiger partial charge on any atom is -0.179 e. The fraction of sp³-hybridized carbons (Fsp3) is 1.00. The molecule has 0 aromatic carbocycles. The molecule has 4 atom stereocenters. The van der Waals surface area contributed by atoms with Gasteiger partial charge >= 0.3 is 0 Å². The molecule has 0 spiro atoms. The van der Waals surface area contributed by atoms with Crippen LogP contribution < -0.4 is 0 Å². The summed E-state index contributed by atoms with van der Waals surface area (Å²) in [5, 5.41) is 1.15. The molecule has 0 amide bonds. The van der Waals surface area contributed by atoms with Gasteiger partial charge in [-0.2, -0.15) is 88.4 Å². The third kappa shape index (κ3) is 11.1. The average Bonchev–Trinajstić information content (AvgIpc) is 2.52. The Bertz CT molecular complexity index is 228. The van der Waals surface area contributed by atoms with Gasteiger partial charge in [-0.1, -0.05) is 0 Å². The standard InChI is InChI=1S/C15H32S7/c16-5-1-3-14(21)11(9-18)7-13(20)8-12(10-19)15(22)4-2-6-17/h11-22H,1-10H2. The molecule has 0 nitrogen and oxygen atoms in total. The summed E-state index contributed by atoms with van der Waals surface area (Å²) in [6.07, 6.45) is 6.55. The molecule has 0 radical (unpaired) electrons. The lowest BCUT2D eigenvalue weighted by Gasteiger charge is -2.28. The summed E-state index contributed by atoms with van der Waals surface area (Å²) in [7, 11) is 0. The lowest BCUT2D eigenvalue weighted by molar-refractivity contribution is 0.430. The van der Waals surface area contributed by atoms with Crippen LogP contribution in [0.15, 0.2) is 0 Å². The van der Waals surface area contributed by atoms with E-state index in [1.165, 1.54) is 0 Å². The zero-order chi connectivity index (χ0) is 17.0. The third-order valence-corrected chi connectivity index (χ3v) is 7.37. The van der Waals surface area contributed by atoms with E-state index in [9.17, 15) is 0 Å². The van der Waals surface area contributed by atoms with Gasteiger partial charge in [0.2, 0.25) is 0 Å². The first kappa shape index (κ1) is 24.5. The van der Waals surface area contributed by atoms with Gasteiger partial charge in [-0.05, 0) is 73.4 Å². The normalized spacial score (nSPS) is 18.7. The molecule has 0 bridgehead atoms. The highest BCUT2D eigenvalue weighted by Gasteiger charge is 2.24. The second-order valence-corrected chi connectivity index (χ2v) is 9.56. The minimum atomic E-state index is 0.366. The van der Waals surface area contributed by atoms with Crippen molar-refractivity contribution < 1.29 is 0 Å². The molecule has 0 aliphatic carbocycles. The van der Waals surface area contributed by atoms with Crippen LogP contribution in [-0.4, -0.2) is 38.8 Å². The molecule has 0 rings (SSSR count). The fourth-order valence-corrected chi connectivity index (χ4v) is 5.44. The molecule has 4 unspecified atom stereocenters. The first-order chi connectivity index (χ1) is 10.5. The van der Waals surface area contributed by atoms with Crippen LogP contribution in [0.3, 0.4) is 0 Å². The van der Waals surface area contributed by atoms with Gasteiger partial charge in [0.25, 0.3) is 0 Å². The summed E-state index contributed by atoms with van der Waals surface area (Å²) in [6, 6.07) is 0. The lowest BCUT2D eigenvalue weighted by Crippen LogP contribution is -2.26. The average molecular weight is 437 g/mol. The van der Waals surface area contributed by atoms with Crippen LogP contribution >= 0.6 is 88.4 Å². The van der Waals surface area contributed by atoms with Crippen molar-refractivity contribution in [1.29, 1.82) is 0 Å². The van der Waals surface area contributed by atoms with Crippen LogP contribution in [0.4, 0.5) is 0 Å². The van der Waals surface area contributed by atoms with Gasteiger partial charge in [-0.3, -0.25) is 0 Å². The Hall–Kier alpha value is 2.45. The summed E-state index contributed by atoms with van der Waals surface area (Å²) in [6.45, 7) is 0. The summed E-state index contributed by atoms with van der Waals surface area (Å²) in [5.74, 6) is 4.60. The molecule has 0 fully saturated rings. The van der Waals surface area contributed by atoms with E-state index in [-0.39, 0.29) is 0 Å². The monoisotopic (exact) mass is 436 g/mol. The molecule has 0 aliphatic rings. The van der Waals surface area contributed by atoms with Crippen LogP contribution in [0.1, 0.15) is 38.5 Å². The van der Waals surface area contributed by atoms with E-state index < -0.39 is 0 Å². The summed E-state index contributed by atoms with van der Waals surface area (Å²) < 4.78 is 0. The van der Waals surface area contributed by atoms with Gasteiger partial charge in [-0.15, -0.1) is 0 Å². The Morgan fingerprint density at radius 1 is 0.591 bits per heavy atom. The number of rotatable bonds is 14. The Kier molecular flexibility index (Phi) is 17.4. The van der Waals surface area contributed by atoms with Crippen molar-refractivity contribution in [3.8, 4) is 0 Å². The smallest absolute Gasteiger partial charge is 0.00535 e. The molecule has 0 heterocycles. The van der Waals surface area contributed by atoms with E-state index in [4.69, 9.17) is 37.9 Å². The van der Waals surface area contributed by atoms with Crippen molar-refractivity contribution in [1.82, 2.24) is 0 Å². The maximum atomic E-state index is 4.82. The van der Waals surface area contributed by atoms with E-state index in [1.54, 1.807) is 0 Å². The number of hydrogen-bond donors (Lipinski definition) is 7. The van der Waals surface area contributed by atoms with Crippen LogP contribution in [-0.2, 0) is 0 Å². The maximum Gasteiger partial charge on any atom is 0.00535 e. The Labute approximate surface area is 176 Å². The summed E-state index contributed by atoms with van der Waals surface area (Å²) in [4.78, 5) is 0. The van der Waals surface area contributed by atoms with Crippen molar-refractivity contribution in [2.45, 2.75) is 54.3 Å². The van der Waals surface area contributed by atoms with Crippen LogP contribution in [0.2, 0.25) is 0 Å². The van der Waals surface area contributed by atoms with Gasteiger partial charge in [0, 0.05) is 15.7 Å². The highest BCUT2D eigenvalue weighted by Crippen LogP contribution is 2.30. The predicted molar refractivity (Wildman–Crippen MR) is 128 cm³/mol. The molecule has 134 valence electrons. The molecule has 0 aromatic heterocycles. The van der Waals surface area contributed by atoms with E-state index in [0.29, 0.717) is 27.6 Å². The second kappa shape index (κ2) is 15.7. The molecule has 22 heavy (non-hydrogen) atoms. The highest BCUT2D eigenvalue weighted by atomic mass is 32.1. The van der Waals surface area contributed by atoms with Crippen molar-refractivity contribution in [3.63, 3.8) is 0 Å². The van der Waals surface area contributed by atoms with Crippen LogP contribution in [0.5, 0.6) is 0 Å². The molecule has 0 aromatic rings. The number of thiol groups is 7. The summed E-state index contributed by atoms with van der Waals surface area (Å²) in [5.41, 5.74) is 0. The van der Waals surface area contributed by atoms with Crippen molar-refractivity contribution in [3.05, 3.63) is 0 Å². The van der Waals surface area contributed by atoms with E-state index in [0.717, 1.165) is 61.5 Å². The Balaban J connectivity index is 4.32. The zero-order valence-corrected chi connectivity index (χ0v) is 19.3. The predicted octanol–water partition coefficient (Wildman–Crippen LogP) is 5.17. The van der Waals surface area contributed by atoms with Crippen molar-refractivity contribution in [2.75, 3.05) is 23.0 Å². The van der Waals surface area contributed by atoms with Gasteiger partial charge in [0.15, 0.2) is 0 Å². The first-order valence-electron chi connectivity index (χ1n) is 7.97. The van der Waals surface area contributed by atoms with Gasteiger partial charge in [0.05, 0.1) is 0 Å². The molecule has 0 saturated carbocycles. The minimum absolute atomic E-state index is 0.366. The van der Waals surface area contributed by atoms with Crippen LogP contribution in [0.25, 0.3) is 0 Å². The maximum absolute atomic E-state index is 4.82. The molecule has 0 saturated heterocycles. The third-order valence-electron chi connectivity index (χ3n) is 4.02. The van der Waals surface area contributed by atoms with E-state index >= 15 is 0 Å². The van der Waals surface area contributed by atoms with Crippen molar-refractivity contribution in [2.24, 2.45) is 11.8 Å². The fourth-order valence-electron chi connectivity index (χ4n) is 2.57. The van der Waals surface area contributed by atoms with Gasteiger partial charge in [0.1, 0.15) is 0 Å². The number of hydrogen-bond acceptors (Lipinski definition) is 7. The molecule has 0 N–H and O–H groups in total. The van der Waals surface area contributed by atoms with Gasteiger partial charge in [-0.25, -0.2) is 0 Å². The SMILES string of the molecule is SCCCC(S)C(CS)CC(S)CC(CS)C(S)CCCS. The lowest BCUT2D eigenvalue weighted by atomic mass is 9.91. The molecule has 0 aliphatic heterocycles. The molecular formula is C15H32S7. The van der Waals surface area contributed by atoms with Crippen molar-refractivity contribution >= 4 is 88.4 Å². The van der Waals surface area contributed by atoms with E-state index in [1.807, 2.05) is 0 Å². The Morgan fingerprint density at radius 2 is 0.955 bits per heavy atom. The zero-order valence-electron chi connectivity index (χ0n) is 13.1. The first-order valence-corrected chi connectivity index (χ1v) is 12.1. The topological polar surface area (TPSA) is 0 Å². The second-order valence-electron chi connectivity index (χ2n) is 5.88.